The van der Waals surface area contributed by atoms with Gasteiger partial charge >= 0.3 is 0 Å². The van der Waals surface area contributed by atoms with E-state index in [0.29, 0.717) is 29.8 Å². The number of methoxy groups -OCH3 is 1. The van der Waals surface area contributed by atoms with Gasteiger partial charge in [0.1, 0.15) is 6.61 Å². The van der Waals surface area contributed by atoms with Gasteiger partial charge in [0.2, 0.25) is 0 Å². The minimum atomic E-state index is -0.150. The van der Waals surface area contributed by atoms with Crippen LogP contribution in [0.25, 0.3) is 11.4 Å². The van der Waals surface area contributed by atoms with Gasteiger partial charge < -0.3 is 14.4 Å². The predicted molar refractivity (Wildman–Crippen MR) is 73.0 cm³/mol. The molecule has 0 bridgehead atoms. The number of hydrogen-bond acceptors (Lipinski definition) is 4. The Balaban J connectivity index is 2.42. The second kappa shape index (κ2) is 6.14. The first-order valence-electron chi connectivity index (χ1n) is 5.95. The monoisotopic (exact) mass is 281 g/mol. The Morgan fingerprint density at radius 3 is 2.79 bits per heavy atom. The Bertz CT molecular complexity index is 569. The highest BCUT2D eigenvalue weighted by Gasteiger charge is 2.13. The van der Waals surface area contributed by atoms with Crippen LogP contribution in [-0.2, 0) is 17.9 Å². The van der Waals surface area contributed by atoms with E-state index in [9.17, 15) is 5.11 Å². The molecule has 0 unspecified atom stereocenters. The van der Waals surface area contributed by atoms with E-state index in [4.69, 9.17) is 16.3 Å². The number of aliphatic hydroxyl groups is 1. The molecule has 0 aliphatic heterocycles. The van der Waals surface area contributed by atoms with Crippen molar-refractivity contribution in [3.8, 4) is 11.4 Å². The molecule has 1 aromatic carbocycles. The first-order chi connectivity index (χ1) is 9.17. The molecular formula is C13H16ClN3O2. The van der Waals surface area contributed by atoms with Crippen molar-refractivity contribution in [2.75, 3.05) is 13.7 Å². The normalized spacial score (nSPS) is 10.9. The molecule has 0 aliphatic carbocycles. The maximum atomic E-state index is 9.29. The van der Waals surface area contributed by atoms with Crippen LogP contribution in [0.1, 0.15) is 11.4 Å². The van der Waals surface area contributed by atoms with E-state index in [1.165, 1.54) is 0 Å². The molecule has 102 valence electrons. The van der Waals surface area contributed by atoms with Crippen molar-refractivity contribution in [1.29, 1.82) is 0 Å². The Morgan fingerprint density at radius 2 is 2.16 bits per heavy atom. The Labute approximate surface area is 116 Å². The SMILES string of the molecule is COCCn1c(CO)nnc1-c1ccc(Cl)c(C)c1. The van der Waals surface area contributed by atoms with Gasteiger partial charge in [0, 0.05) is 24.2 Å². The zero-order chi connectivity index (χ0) is 13.8. The number of halogens is 1. The third kappa shape index (κ3) is 2.94. The predicted octanol–water partition coefficient (Wildman–Crippen LogP) is 2.05. The third-order valence-corrected chi connectivity index (χ3v) is 3.33. The lowest BCUT2D eigenvalue weighted by Crippen LogP contribution is -2.10. The van der Waals surface area contributed by atoms with E-state index < -0.39 is 0 Å². The quantitative estimate of drug-likeness (QED) is 0.911. The van der Waals surface area contributed by atoms with Gasteiger partial charge in [0.05, 0.1) is 6.61 Å². The van der Waals surface area contributed by atoms with Crippen molar-refractivity contribution in [3.63, 3.8) is 0 Å². The highest BCUT2D eigenvalue weighted by molar-refractivity contribution is 6.31. The van der Waals surface area contributed by atoms with Crippen LogP contribution < -0.4 is 0 Å². The molecule has 2 rings (SSSR count). The van der Waals surface area contributed by atoms with E-state index in [0.717, 1.165) is 11.1 Å². The Hall–Kier alpha value is -1.43. The number of aryl methyl sites for hydroxylation is 1. The van der Waals surface area contributed by atoms with Gasteiger partial charge in [-0.2, -0.15) is 0 Å². The van der Waals surface area contributed by atoms with Gasteiger partial charge in [-0.05, 0) is 30.7 Å². The van der Waals surface area contributed by atoms with E-state index in [1.54, 1.807) is 7.11 Å². The second-order valence-corrected chi connectivity index (χ2v) is 4.61. The summed E-state index contributed by atoms with van der Waals surface area (Å²) in [5.74, 6) is 1.24. The summed E-state index contributed by atoms with van der Waals surface area (Å²) in [6.07, 6.45) is 0. The topological polar surface area (TPSA) is 60.2 Å². The van der Waals surface area contributed by atoms with Gasteiger partial charge in [0.15, 0.2) is 11.6 Å². The average molecular weight is 282 g/mol. The van der Waals surface area contributed by atoms with Crippen LogP contribution in [0.5, 0.6) is 0 Å². The van der Waals surface area contributed by atoms with Crippen molar-refractivity contribution >= 4 is 11.6 Å². The summed E-state index contributed by atoms with van der Waals surface area (Å²) in [6.45, 7) is 2.92. The van der Waals surface area contributed by atoms with Crippen LogP contribution in [-0.4, -0.2) is 33.6 Å². The fraction of sp³-hybridized carbons (Fsp3) is 0.385. The summed E-state index contributed by atoms with van der Waals surface area (Å²) in [4.78, 5) is 0. The molecule has 0 spiro atoms. The van der Waals surface area contributed by atoms with Crippen LogP contribution in [0.4, 0.5) is 0 Å². The largest absolute Gasteiger partial charge is 0.388 e. The number of benzene rings is 1. The van der Waals surface area contributed by atoms with Gasteiger partial charge in [0.25, 0.3) is 0 Å². The van der Waals surface area contributed by atoms with Gasteiger partial charge in [-0.25, -0.2) is 0 Å². The van der Waals surface area contributed by atoms with Crippen molar-refractivity contribution in [2.45, 2.75) is 20.1 Å². The second-order valence-electron chi connectivity index (χ2n) is 4.21. The number of aliphatic hydroxyl groups excluding tert-OH is 1. The molecule has 6 heteroatoms. The zero-order valence-corrected chi connectivity index (χ0v) is 11.7. The fourth-order valence-corrected chi connectivity index (χ4v) is 1.98. The average Bonchev–Trinajstić information content (AvgIpc) is 2.82. The third-order valence-electron chi connectivity index (χ3n) is 2.90. The molecule has 2 aromatic rings. The number of hydrogen-bond donors (Lipinski definition) is 1. The van der Waals surface area contributed by atoms with Crippen LogP contribution >= 0.6 is 11.6 Å². The van der Waals surface area contributed by atoms with Crippen molar-refractivity contribution in [3.05, 3.63) is 34.6 Å². The van der Waals surface area contributed by atoms with E-state index >= 15 is 0 Å². The van der Waals surface area contributed by atoms with E-state index in [1.807, 2.05) is 29.7 Å². The zero-order valence-electron chi connectivity index (χ0n) is 10.9. The smallest absolute Gasteiger partial charge is 0.164 e. The lowest BCUT2D eigenvalue weighted by Gasteiger charge is -2.09. The van der Waals surface area contributed by atoms with Crippen LogP contribution in [0, 0.1) is 6.92 Å². The molecule has 0 aliphatic rings. The van der Waals surface area contributed by atoms with Crippen LogP contribution in [0.2, 0.25) is 5.02 Å². The molecule has 0 saturated carbocycles. The number of rotatable bonds is 5. The van der Waals surface area contributed by atoms with E-state index in [2.05, 4.69) is 10.2 Å². The highest BCUT2D eigenvalue weighted by Crippen LogP contribution is 2.24. The minimum Gasteiger partial charge on any atom is -0.388 e. The van der Waals surface area contributed by atoms with Crippen LogP contribution in [0.3, 0.4) is 0 Å². The molecule has 1 heterocycles. The summed E-state index contributed by atoms with van der Waals surface area (Å²) in [5.41, 5.74) is 1.90. The van der Waals surface area contributed by atoms with Gasteiger partial charge in [-0.15, -0.1) is 10.2 Å². The first-order valence-corrected chi connectivity index (χ1v) is 6.33. The van der Waals surface area contributed by atoms with Gasteiger partial charge in [-0.3, -0.25) is 0 Å². The summed E-state index contributed by atoms with van der Waals surface area (Å²) < 4.78 is 6.92. The molecule has 19 heavy (non-hydrogen) atoms. The standard InChI is InChI=1S/C13H16ClN3O2/c1-9-7-10(3-4-11(9)14)13-16-15-12(8-18)17(13)5-6-19-2/h3-4,7,18H,5-6,8H2,1-2H3. The lowest BCUT2D eigenvalue weighted by atomic mass is 10.1. The summed E-state index contributed by atoms with van der Waals surface area (Å²) in [6, 6.07) is 5.68. The molecule has 1 aromatic heterocycles. The van der Waals surface area contributed by atoms with Crippen molar-refractivity contribution in [2.24, 2.45) is 0 Å². The Morgan fingerprint density at radius 1 is 1.37 bits per heavy atom. The summed E-state index contributed by atoms with van der Waals surface area (Å²) >= 11 is 6.02. The Kier molecular flexibility index (Phi) is 4.52. The maximum Gasteiger partial charge on any atom is 0.164 e. The number of aromatic nitrogens is 3. The number of nitrogens with zero attached hydrogens (tertiary/aromatic N) is 3. The molecule has 0 amide bonds. The molecule has 1 N–H and O–H groups in total. The first kappa shape index (κ1) is 14.0. The van der Waals surface area contributed by atoms with Crippen molar-refractivity contribution < 1.29 is 9.84 Å². The highest BCUT2D eigenvalue weighted by atomic mass is 35.5. The molecule has 0 fully saturated rings. The number of ether oxygens (including phenoxy) is 1. The molecule has 5 nitrogen and oxygen atoms in total. The molecular weight excluding hydrogens is 266 g/mol. The van der Waals surface area contributed by atoms with Gasteiger partial charge in [-0.1, -0.05) is 11.6 Å². The summed E-state index contributed by atoms with van der Waals surface area (Å²) in [5, 5.41) is 18.1. The van der Waals surface area contributed by atoms with E-state index in [-0.39, 0.29) is 6.61 Å². The lowest BCUT2D eigenvalue weighted by molar-refractivity contribution is 0.183. The molecule has 0 saturated heterocycles. The minimum absolute atomic E-state index is 0.150. The van der Waals surface area contributed by atoms with Crippen LogP contribution in [0.15, 0.2) is 18.2 Å². The molecule has 0 radical (unpaired) electrons. The summed E-state index contributed by atoms with van der Waals surface area (Å²) in [7, 11) is 1.63. The van der Waals surface area contributed by atoms with Crippen molar-refractivity contribution in [1.82, 2.24) is 14.8 Å². The fourth-order valence-electron chi connectivity index (χ4n) is 1.87. The maximum absolute atomic E-state index is 9.29. The molecule has 0 atom stereocenters.